The van der Waals surface area contributed by atoms with Gasteiger partial charge in [-0.1, -0.05) is 34.1 Å². The molecule has 24 heavy (non-hydrogen) atoms. The van der Waals surface area contributed by atoms with Crippen molar-refractivity contribution in [2.45, 2.75) is 104 Å². The van der Waals surface area contributed by atoms with E-state index in [9.17, 15) is 0 Å². The third-order valence-electron chi connectivity index (χ3n) is 8.81. The summed E-state index contributed by atoms with van der Waals surface area (Å²) in [5.41, 5.74) is 0.458. The van der Waals surface area contributed by atoms with E-state index in [-0.39, 0.29) is 11.9 Å². The number of hydrogen-bond acceptors (Lipinski definition) is 2. The van der Waals surface area contributed by atoms with E-state index in [4.69, 9.17) is 9.47 Å². The normalized spacial score (nSPS) is 54.2. The van der Waals surface area contributed by atoms with Crippen molar-refractivity contribution in [1.29, 1.82) is 0 Å². The zero-order valence-electron chi connectivity index (χ0n) is 16.5. The van der Waals surface area contributed by atoms with E-state index in [1.54, 1.807) is 0 Å². The smallest absolute Gasteiger partial charge is 0.158 e. The predicted molar refractivity (Wildman–Crippen MR) is 97.7 cm³/mol. The number of fused-ring (bicyclic) bond motifs is 5. The average molecular weight is 335 g/mol. The van der Waals surface area contributed by atoms with Gasteiger partial charge in [-0.25, -0.2) is 0 Å². The van der Waals surface area contributed by atoms with Gasteiger partial charge in [0.05, 0.1) is 11.7 Å². The third kappa shape index (κ3) is 2.50. The van der Waals surface area contributed by atoms with E-state index in [2.05, 4.69) is 34.6 Å². The van der Waals surface area contributed by atoms with E-state index in [1.165, 1.54) is 44.9 Å². The Kier molecular flexibility index (Phi) is 4.32. The van der Waals surface area contributed by atoms with Crippen LogP contribution in [-0.4, -0.2) is 18.0 Å². The molecule has 4 rings (SSSR count). The van der Waals surface area contributed by atoms with Crippen LogP contribution in [0.4, 0.5) is 0 Å². The van der Waals surface area contributed by atoms with Crippen molar-refractivity contribution in [3.05, 3.63) is 0 Å². The molecule has 0 amide bonds. The Balaban J connectivity index is 1.46. The van der Waals surface area contributed by atoms with Gasteiger partial charge in [-0.2, -0.15) is 0 Å². The fourth-order valence-corrected chi connectivity index (χ4v) is 6.93. The van der Waals surface area contributed by atoms with E-state index in [1.807, 2.05) is 0 Å². The summed E-state index contributed by atoms with van der Waals surface area (Å²) in [7, 11) is 0. The van der Waals surface area contributed by atoms with E-state index >= 15 is 0 Å². The molecule has 0 radical (unpaired) electrons. The van der Waals surface area contributed by atoms with Gasteiger partial charge in [0.15, 0.2) is 6.29 Å². The summed E-state index contributed by atoms with van der Waals surface area (Å²) in [6.45, 7) is 12.0. The highest BCUT2D eigenvalue weighted by atomic mass is 16.7. The van der Waals surface area contributed by atoms with Gasteiger partial charge in [0, 0.05) is 0 Å². The molecular weight excluding hydrogens is 296 g/mol. The monoisotopic (exact) mass is 334 g/mol. The van der Waals surface area contributed by atoms with Crippen molar-refractivity contribution < 1.29 is 9.47 Å². The Bertz CT molecular complexity index is 475. The Labute approximate surface area is 149 Å². The zero-order chi connectivity index (χ0) is 17.1. The van der Waals surface area contributed by atoms with Crippen LogP contribution < -0.4 is 0 Å². The molecule has 3 saturated carbocycles. The molecule has 2 bridgehead atoms. The maximum Gasteiger partial charge on any atom is 0.158 e. The van der Waals surface area contributed by atoms with Gasteiger partial charge >= 0.3 is 0 Å². The molecule has 138 valence electrons. The molecule has 4 aliphatic rings. The van der Waals surface area contributed by atoms with Crippen molar-refractivity contribution in [2.24, 2.45) is 35.0 Å². The summed E-state index contributed by atoms with van der Waals surface area (Å²) in [6, 6.07) is 0. The van der Waals surface area contributed by atoms with E-state index < -0.39 is 0 Å². The SMILES string of the molecule is CC(C)[C@@H]1CC[C@@H](C)C[C@H]1O[C@H]1CC[C@@]2(C)[C@@H]3CC[C@@H](C3)[C@@]2(C)O1. The van der Waals surface area contributed by atoms with E-state index in [0.29, 0.717) is 17.4 Å². The van der Waals surface area contributed by atoms with Crippen molar-refractivity contribution in [3.63, 3.8) is 0 Å². The zero-order valence-corrected chi connectivity index (χ0v) is 16.5. The second kappa shape index (κ2) is 5.98. The second-order valence-electron chi connectivity index (χ2n) is 10.3. The third-order valence-corrected chi connectivity index (χ3v) is 8.81. The van der Waals surface area contributed by atoms with Gasteiger partial charge in [-0.3, -0.25) is 0 Å². The Morgan fingerprint density at radius 3 is 2.46 bits per heavy atom. The molecule has 2 heteroatoms. The van der Waals surface area contributed by atoms with Gasteiger partial charge in [-0.15, -0.1) is 0 Å². The Hall–Kier alpha value is -0.0800. The molecule has 0 spiro atoms. The van der Waals surface area contributed by atoms with Crippen LogP contribution in [0.3, 0.4) is 0 Å². The molecule has 2 nitrogen and oxygen atoms in total. The average Bonchev–Trinajstić information content (AvgIpc) is 3.08. The van der Waals surface area contributed by atoms with Crippen molar-refractivity contribution >= 4 is 0 Å². The number of hydrogen-bond donors (Lipinski definition) is 0. The van der Waals surface area contributed by atoms with Crippen LogP contribution in [0, 0.1) is 35.0 Å². The minimum absolute atomic E-state index is 0.0407. The largest absolute Gasteiger partial charge is 0.349 e. The predicted octanol–water partition coefficient (Wildman–Crippen LogP) is 5.80. The quantitative estimate of drug-likeness (QED) is 0.650. The first-order chi connectivity index (χ1) is 11.3. The van der Waals surface area contributed by atoms with Gasteiger partial charge < -0.3 is 9.47 Å². The van der Waals surface area contributed by atoms with Crippen LogP contribution in [0.25, 0.3) is 0 Å². The lowest BCUT2D eigenvalue weighted by molar-refractivity contribution is -0.306. The molecule has 0 unspecified atom stereocenters. The van der Waals surface area contributed by atoms with Gasteiger partial charge in [-0.05, 0) is 86.9 Å². The van der Waals surface area contributed by atoms with Crippen LogP contribution in [0.5, 0.6) is 0 Å². The first kappa shape index (κ1) is 17.3. The van der Waals surface area contributed by atoms with Crippen molar-refractivity contribution in [3.8, 4) is 0 Å². The fraction of sp³-hybridized carbons (Fsp3) is 1.00. The van der Waals surface area contributed by atoms with Gasteiger partial charge in [0.1, 0.15) is 0 Å². The standard InChI is InChI=1S/C22H38O2/c1-14(2)18-9-6-15(3)12-19(18)23-20-10-11-21(4)16-7-8-17(13-16)22(21,5)24-20/h14-20H,6-13H2,1-5H3/t15-,16-,17+,18+,19-,20-,21+,22-/m1/s1. The lowest BCUT2D eigenvalue weighted by Crippen LogP contribution is -2.57. The highest BCUT2D eigenvalue weighted by Crippen LogP contribution is 2.67. The minimum atomic E-state index is 0.0407. The van der Waals surface area contributed by atoms with Gasteiger partial charge in [0.2, 0.25) is 0 Å². The molecule has 1 saturated heterocycles. The van der Waals surface area contributed by atoms with Crippen LogP contribution in [0.2, 0.25) is 0 Å². The summed E-state index contributed by atoms with van der Waals surface area (Å²) in [5.74, 6) is 3.90. The summed E-state index contributed by atoms with van der Waals surface area (Å²) in [4.78, 5) is 0. The van der Waals surface area contributed by atoms with Gasteiger partial charge in [0.25, 0.3) is 0 Å². The van der Waals surface area contributed by atoms with Crippen molar-refractivity contribution in [1.82, 2.24) is 0 Å². The molecule has 0 N–H and O–H groups in total. The molecule has 0 aromatic rings. The highest BCUT2D eigenvalue weighted by molar-refractivity contribution is 5.14. The summed E-state index contributed by atoms with van der Waals surface area (Å²) in [6.07, 6.45) is 11.0. The molecule has 1 heterocycles. The van der Waals surface area contributed by atoms with Crippen LogP contribution in [-0.2, 0) is 9.47 Å². The Morgan fingerprint density at radius 2 is 1.71 bits per heavy atom. The summed E-state index contributed by atoms with van der Waals surface area (Å²) in [5, 5.41) is 0. The molecule has 4 fully saturated rings. The molecule has 0 aromatic heterocycles. The summed E-state index contributed by atoms with van der Waals surface area (Å²) >= 11 is 0. The number of ether oxygens (including phenoxy) is 2. The topological polar surface area (TPSA) is 18.5 Å². The fourth-order valence-electron chi connectivity index (χ4n) is 6.93. The van der Waals surface area contributed by atoms with E-state index in [0.717, 1.165) is 30.1 Å². The van der Waals surface area contributed by atoms with Crippen LogP contribution in [0.1, 0.15) is 86.0 Å². The maximum absolute atomic E-state index is 6.78. The van der Waals surface area contributed by atoms with Crippen LogP contribution >= 0.6 is 0 Å². The molecule has 0 aromatic carbocycles. The molecule has 3 aliphatic carbocycles. The lowest BCUT2D eigenvalue weighted by atomic mass is 9.61. The Morgan fingerprint density at radius 1 is 0.958 bits per heavy atom. The van der Waals surface area contributed by atoms with Crippen molar-refractivity contribution in [2.75, 3.05) is 0 Å². The molecular formula is C22H38O2. The number of rotatable bonds is 3. The first-order valence-corrected chi connectivity index (χ1v) is 10.7. The first-order valence-electron chi connectivity index (χ1n) is 10.7. The lowest BCUT2D eigenvalue weighted by Gasteiger charge is -2.55. The second-order valence-corrected chi connectivity index (χ2v) is 10.3. The van der Waals surface area contributed by atoms with Crippen LogP contribution in [0.15, 0.2) is 0 Å². The maximum atomic E-state index is 6.78. The molecule has 8 atom stereocenters. The molecule has 1 aliphatic heterocycles. The summed E-state index contributed by atoms with van der Waals surface area (Å²) < 4.78 is 13.5. The minimum Gasteiger partial charge on any atom is -0.349 e. The highest BCUT2D eigenvalue weighted by Gasteiger charge is 2.65.